The molecule has 2 aromatic rings. The number of likely N-dealkylation sites (tertiary alicyclic amines) is 1. The van der Waals surface area contributed by atoms with E-state index in [1.54, 1.807) is 6.07 Å². The Labute approximate surface area is 206 Å². The van der Waals surface area contributed by atoms with Crippen LogP contribution in [0.15, 0.2) is 42.7 Å². The molecule has 1 heterocycles. The number of benzene rings is 2. The molecule has 1 aliphatic carbocycles. The van der Waals surface area contributed by atoms with Crippen molar-refractivity contribution >= 4 is 35.7 Å². The Morgan fingerprint density at radius 2 is 1.94 bits per heavy atom. The Balaban J connectivity index is 1.29. The third-order valence-corrected chi connectivity index (χ3v) is 7.06. The number of nitrogens with two attached hydrogens (primary N) is 2. The second kappa shape index (κ2) is 10.1. The van der Waals surface area contributed by atoms with Crippen LogP contribution >= 0.6 is 11.6 Å². The molecule has 4 rings (SSSR count). The van der Waals surface area contributed by atoms with Gasteiger partial charge in [0.15, 0.2) is 6.29 Å². The molecule has 1 spiro atoms. The fraction of sp³-hybridized carbons (Fsp3) is 0.370. The average molecular weight is 481 g/mol. The van der Waals surface area contributed by atoms with Crippen LogP contribution < -0.4 is 16.2 Å². The number of ether oxygens (including phenoxy) is 1. The molecule has 0 aromatic heterocycles. The summed E-state index contributed by atoms with van der Waals surface area (Å²) in [6.45, 7) is 3.23. The van der Waals surface area contributed by atoms with Gasteiger partial charge in [0.05, 0.1) is 11.1 Å². The molecule has 6 nitrogen and oxygen atoms in total. The summed E-state index contributed by atoms with van der Waals surface area (Å²) in [5.74, 6) is 0.714. The number of carbonyl (C=O) groups is 1. The minimum atomic E-state index is 0.164. The fourth-order valence-corrected chi connectivity index (χ4v) is 5.23. The number of hydrogen-bond donors (Lipinski definition) is 2. The van der Waals surface area contributed by atoms with Gasteiger partial charge in [-0.1, -0.05) is 23.7 Å². The van der Waals surface area contributed by atoms with Crippen LogP contribution in [0.4, 0.5) is 5.69 Å². The molecule has 4 N–H and O–H groups in total. The lowest BCUT2D eigenvalue weighted by Crippen LogP contribution is -2.64. The van der Waals surface area contributed by atoms with Crippen molar-refractivity contribution in [2.24, 2.45) is 11.1 Å². The van der Waals surface area contributed by atoms with Gasteiger partial charge in [0.1, 0.15) is 5.75 Å². The normalized spacial score (nSPS) is 17.7. The zero-order valence-electron chi connectivity index (χ0n) is 19.8. The lowest BCUT2D eigenvalue weighted by atomic mass is 9.61. The highest BCUT2D eigenvalue weighted by atomic mass is 35.5. The zero-order valence-corrected chi connectivity index (χ0v) is 20.6. The molecule has 0 bridgehead atoms. The molecule has 7 heteroatoms. The molecule has 1 saturated carbocycles. The molecule has 2 fully saturated rings. The van der Waals surface area contributed by atoms with Gasteiger partial charge in [-0.15, -0.1) is 0 Å². The molecule has 2 aromatic carbocycles. The first kappa shape index (κ1) is 24.2. The summed E-state index contributed by atoms with van der Waals surface area (Å²) in [6, 6.07) is 9.78. The number of hydrogen-bond acceptors (Lipinski definition) is 6. The maximum Gasteiger partial charge on any atom is 0.152 e. The van der Waals surface area contributed by atoms with Gasteiger partial charge in [0.2, 0.25) is 0 Å². The van der Waals surface area contributed by atoms with Crippen LogP contribution in [0.25, 0.3) is 12.2 Å². The van der Waals surface area contributed by atoms with Gasteiger partial charge in [-0.2, -0.15) is 0 Å². The topological polar surface area (TPSA) is 84.8 Å². The van der Waals surface area contributed by atoms with E-state index in [9.17, 15) is 4.79 Å². The standard InChI is InChI=1S/C27H33ClN4O2/c1-31(2)11-9-22-23(16-33)24(28)5-6-26(22)34-21-14-27(15-21)17-32(18-27)12-8-19-3-4-20(7-10-29)25(30)13-19/h3-7,9-11,13,16,21H,8,12,14-15,17-18,29-30H2,1-2H3/b10-7-,11-9-. The summed E-state index contributed by atoms with van der Waals surface area (Å²) in [6.07, 6.45) is 11.1. The van der Waals surface area contributed by atoms with Crippen LogP contribution in [0.3, 0.4) is 0 Å². The van der Waals surface area contributed by atoms with Crippen LogP contribution in [0, 0.1) is 5.41 Å². The Bertz CT molecular complexity index is 1100. The first-order valence-electron chi connectivity index (χ1n) is 11.6. The van der Waals surface area contributed by atoms with Gasteiger partial charge >= 0.3 is 0 Å². The van der Waals surface area contributed by atoms with E-state index < -0.39 is 0 Å². The van der Waals surface area contributed by atoms with Crippen LogP contribution in [0.1, 0.15) is 39.9 Å². The number of carbonyl (C=O) groups excluding carboxylic acids is 1. The SMILES string of the molecule is CN(C)/C=C\c1c(OC2CC3(C2)CN(CCc2ccc(/C=C\N)c(N)c2)C3)ccc(Cl)c1C=O. The summed E-state index contributed by atoms with van der Waals surface area (Å²) >= 11 is 6.24. The van der Waals surface area contributed by atoms with E-state index in [-0.39, 0.29) is 6.10 Å². The molecule has 0 atom stereocenters. The van der Waals surface area contributed by atoms with Crippen molar-refractivity contribution < 1.29 is 9.53 Å². The van der Waals surface area contributed by atoms with Crippen molar-refractivity contribution in [1.82, 2.24) is 9.80 Å². The number of halogens is 1. The Kier molecular flexibility index (Phi) is 7.19. The highest BCUT2D eigenvalue weighted by Crippen LogP contribution is 2.50. The summed E-state index contributed by atoms with van der Waals surface area (Å²) < 4.78 is 6.32. The number of rotatable bonds is 9. The van der Waals surface area contributed by atoms with E-state index in [0.717, 1.165) is 62.0 Å². The van der Waals surface area contributed by atoms with Gasteiger partial charge < -0.3 is 26.0 Å². The molecule has 180 valence electrons. The third kappa shape index (κ3) is 5.24. The Hall–Kier alpha value is -2.96. The lowest BCUT2D eigenvalue weighted by Gasteiger charge is -2.58. The van der Waals surface area contributed by atoms with Crippen LogP contribution in [-0.4, -0.2) is 55.9 Å². The molecule has 0 radical (unpaired) electrons. The largest absolute Gasteiger partial charge is 0.490 e. The number of anilines is 1. The van der Waals surface area contributed by atoms with E-state index >= 15 is 0 Å². The number of nitrogens with zero attached hydrogens (tertiary/aromatic N) is 2. The smallest absolute Gasteiger partial charge is 0.152 e. The Morgan fingerprint density at radius 3 is 2.59 bits per heavy atom. The Morgan fingerprint density at radius 1 is 1.18 bits per heavy atom. The van der Waals surface area contributed by atoms with Crippen molar-refractivity contribution in [3.05, 3.63) is 70.0 Å². The molecule has 2 aliphatic rings. The number of aldehydes is 1. The van der Waals surface area contributed by atoms with Crippen molar-refractivity contribution in [3.63, 3.8) is 0 Å². The fourth-order valence-electron chi connectivity index (χ4n) is 5.02. The average Bonchev–Trinajstić information content (AvgIpc) is 2.75. The maximum atomic E-state index is 11.6. The quantitative estimate of drug-likeness (QED) is 0.411. The van der Waals surface area contributed by atoms with Crippen LogP contribution in [0.2, 0.25) is 5.02 Å². The monoisotopic (exact) mass is 480 g/mol. The first-order chi connectivity index (χ1) is 16.3. The molecular formula is C27H33ClN4O2. The van der Waals surface area contributed by atoms with Gasteiger partial charge in [-0.05, 0) is 73.1 Å². The lowest BCUT2D eigenvalue weighted by molar-refractivity contribution is -0.118. The molecule has 34 heavy (non-hydrogen) atoms. The molecule has 1 saturated heterocycles. The van der Waals surface area contributed by atoms with E-state index in [0.29, 0.717) is 21.8 Å². The predicted molar refractivity (Wildman–Crippen MR) is 140 cm³/mol. The summed E-state index contributed by atoms with van der Waals surface area (Å²) in [5, 5.41) is 0.438. The molecule has 0 amide bonds. The van der Waals surface area contributed by atoms with E-state index in [1.165, 1.54) is 11.8 Å². The highest BCUT2D eigenvalue weighted by molar-refractivity contribution is 6.33. The van der Waals surface area contributed by atoms with Crippen LogP contribution in [0.5, 0.6) is 5.75 Å². The van der Waals surface area contributed by atoms with E-state index in [4.69, 9.17) is 27.8 Å². The zero-order chi connectivity index (χ0) is 24.3. The summed E-state index contributed by atoms with van der Waals surface area (Å²) in [5.41, 5.74) is 16.1. The third-order valence-electron chi connectivity index (χ3n) is 6.73. The van der Waals surface area contributed by atoms with Gasteiger partial charge in [0.25, 0.3) is 0 Å². The predicted octanol–water partition coefficient (Wildman–Crippen LogP) is 4.28. The van der Waals surface area contributed by atoms with Gasteiger partial charge in [-0.25, -0.2) is 0 Å². The molecular weight excluding hydrogens is 448 g/mol. The molecule has 0 unspecified atom stereocenters. The molecule has 1 aliphatic heterocycles. The summed E-state index contributed by atoms with van der Waals surface area (Å²) in [4.78, 5) is 16.0. The van der Waals surface area contributed by atoms with Crippen molar-refractivity contribution in [3.8, 4) is 5.75 Å². The second-order valence-corrected chi connectivity index (χ2v) is 10.1. The van der Waals surface area contributed by atoms with Crippen molar-refractivity contribution in [2.45, 2.75) is 25.4 Å². The van der Waals surface area contributed by atoms with E-state index in [2.05, 4.69) is 11.0 Å². The second-order valence-electron chi connectivity index (χ2n) is 9.70. The van der Waals surface area contributed by atoms with Crippen LogP contribution in [-0.2, 0) is 6.42 Å². The summed E-state index contributed by atoms with van der Waals surface area (Å²) in [7, 11) is 3.87. The van der Waals surface area contributed by atoms with Crippen molar-refractivity contribution in [1.29, 1.82) is 0 Å². The minimum absolute atomic E-state index is 0.164. The minimum Gasteiger partial charge on any atom is -0.490 e. The highest BCUT2D eigenvalue weighted by Gasteiger charge is 2.53. The number of nitrogen functional groups attached to an aromatic ring is 1. The maximum absolute atomic E-state index is 11.6. The van der Waals surface area contributed by atoms with E-state index in [1.807, 2.05) is 55.5 Å². The van der Waals surface area contributed by atoms with Crippen molar-refractivity contribution in [2.75, 3.05) is 39.5 Å². The van der Waals surface area contributed by atoms with Gasteiger partial charge in [-0.3, -0.25) is 4.79 Å². The first-order valence-corrected chi connectivity index (χ1v) is 12.0. The van der Waals surface area contributed by atoms with Gasteiger partial charge in [0, 0.05) is 56.0 Å².